The van der Waals surface area contributed by atoms with Crippen LogP contribution in [0.4, 0.5) is 5.82 Å². The summed E-state index contributed by atoms with van der Waals surface area (Å²) in [7, 11) is 0. The Morgan fingerprint density at radius 1 is 1.35 bits per heavy atom. The Balaban J connectivity index is 1.74. The minimum atomic E-state index is -1.58. The molecule has 0 amide bonds. The number of imidazole rings is 1. The number of hydrogen-bond acceptors (Lipinski definition) is 8. The minimum Gasteiger partial charge on any atom is -0.394 e. The van der Waals surface area contributed by atoms with Gasteiger partial charge in [-0.1, -0.05) is 12.8 Å². The van der Waals surface area contributed by atoms with Crippen molar-refractivity contribution >= 4 is 17.0 Å². The number of nitrogens with zero attached hydrogens (tertiary/aromatic N) is 4. The Morgan fingerprint density at radius 2 is 2.08 bits per heavy atom. The summed E-state index contributed by atoms with van der Waals surface area (Å²) in [6, 6.07) is 0.379. The van der Waals surface area contributed by atoms with E-state index >= 15 is 0 Å². The van der Waals surface area contributed by atoms with Crippen molar-refractivity contribution in [1.29, 1.82) is 0 Å². The summed E-state index contributed by atoms with van der Waals surface area (Å²) in [6.07, 6.45) is 3.17. The van der Waals surface area contributed by atoms with Gasteiger partial charge in [0.1, 0.15) is 23.6 Å². The third kappa shape index (κ3) is 2.75. The fourth-order valence-electron chi connectivity index (χ4n) is 3.95. The van der Waals surface area contributed by atoms with Gasteiger partial charge >= 0.3 is 0 Å². The van der Waals surface area contributed by atoms with E-state index in [0.717, 1.165) is 12.8 Å². The highest BCUT2D eigenvalue weighted by atomic mass is 16.6. The van der Waals surface area contributed by atoms with Crippen LogP contribution >= 0.6 is 0 Å². The molecule has 1 saturated heterocycles. The van der Waals surface area contributed by atoms with Gasteiger partial charge in [0.2, 0.25) is 0 Å². The zero-order valence-electron chi connectivity index (χ0n) is 15.0. The average molecular weight is 363 g/mol. The SMILES string of the molecule is Cc1nc(NC2CCCC2)c2ncn([C@@H]3O[C@H](CO)[C@@H](O)[C@@]3(C)O)c2n1. The van der Waals surface area contributed by atoms with Gasteiger partial charge in [-0.05, 0) is 26.7 Å². The van der Waals surface area contributed by atoms with Gasteiger partial charge in [-0.15, -0.1) is 0 Å². The Labute approximate surface area is 151 Å². The number of nitrogens with one attached hydrogen (secondary N) is 1. The van der Waals surface area contributed by atoms with Crippen molar-refractivity contribution in [2.24, 2.45) is 0 Å². The van der Waals surface area contributed by atoms with Crippen LogP contribution in [0.25, 0.3) is 11.2 Å². The molecule has 4 atom stereocenters. The van der Waals surface area contributed by atoms with Crippen molar-refractivity contribution in [3.63, 3.8) is 0 Å². The fourth-order valence-corrected chi connectivity index (χ4v) is 3.95. The van der Waals surface area contributed by atoms with Gasteiger partial charge in [-0.25, -0.2) is 15.0 Å². The largest absolute Gasteiger partial charge is 0.394 e. The van der Waals surface area contributed by atoms with E-state index in [1.807, 2.05) is 0 Å². The molecule has 4 rings (SSSR count). The maximum atomic E-state index is 10.7. The van der Waals surface area contributed by atoms with E-state index in [4.69, 9.17) is 4.74 Å². The highest BCUT2D eigenvalue weighted by Gasteiger charge is 2.53. The van der Waals surface area contributed by atoms with Gasteiger partial charge in [0, 0.05) is 6.04 Å². The highest BCUT2D eigenvalue weighted by molar-refractivity contribution is 5.83. The van der Waals surface area contributed by atoms with Gasteiger partial charge in [-0.2, -0.15) is 0 Å². The van der Waals surface area contributed by atoms with Gasteiger partial charge in [0.05, 0.1) is 12.9 Å². The lowest BCUT2D eigenvalue weighted by Gasteiger charge is -2.27. The number of rotatable bonds is 4. The zero-order valence-corrected chi connectivity index (χ0v) is 15.0. The number of aliphatic hydroxyl groups excluding tert-OH is 2. The van der Waals surface area contributed by atoms with Crippen LogP contribution in [0, 0.1) is 6.92 Å². The van der Waals surface area contributed by atoms with Crippen molar-refractivity contribution in [2.75, 3.05) is 11.9 Å². The second-order valence-corrected chi connectivity index (χ2v) is 7.45. The smallest absolute Gasteiger partial charge is 0.168 e. The second-order valence-electron chi connectivity index (χ2n) is 7.45. The Hall–Kier alpha value is -1.81. The van der Waals surface area contributed by atoms with E-state index in [1.165, 1.54) is 26.1 Å². The van der Waals surface area contributed by atoms with Gasteiger partial charge < -0.3 is 25.4 Å². The minimum absolute atomic E-state index is 0.379. The molecule has 2 aliphatic rings. The molecule has 1 aliphatic carbocycles. The standard InChI is InChI=1S/C17H25N5O4/c1-9-19-14(21-10-5-3-4-6-10)12-15(20-9)22(8-18-12)16-17(2,25)13(24)11(7-23)26-16/h8,10-11,13,16,23-25H,3-7H2,1-2H3,(H,19,20,21)/t11-,13-,16-,17-/m1/s1. The van der Waals surface area contributed by atoms with Crippen molar-refractivity contribution < 1.29 is 20.1 Å². The Morgan fingerprint density at radius 3 is 2.73 bits per heavy atom. The Bertz CT molecular complexity index is 802. The molecule has 3 heterocycles. The van der Waals surface area contributed by atoms with Gasteiger partial charge in [0.15, 0.2) is 23.2 Å². The molecule has 2 aromatic rings. The van der Waals surface area contributed by atoms with Crippen LogP contribution in [0.15, 0.2) is 6.33 Å². The summed E-state index contributed by atoms with van der Waals surface area (Å²) >= 11 is 0. The molecule has 0 spiro atoms. The van der Waals surface area contributed by atoms with E-state index in [1.54, 1.807) is 11.5 Å². The Kier molecular flexibility index (Phi) is 4.34. The molecule has 0 bridgehead atoms. The molecular formula is C17H25N5O4. The third-order valence-corrected chi connectivity index (χ3v) is 5.42. The predicted molar refractivity (Wildman–Crippen MR) is 93.6 cm³/mol. The van der Waals surface area contributed by atoms with E-state index in [0.29, 0.717) is 28.8 Å². The molecule has 9 nitrogen and oxygen atoms in total. The lowest BCUT2D eigenvalue weighted by molar-refractivity contribution is -0.0950. The molecule has 2 aromatic heterocycles. The number of fused-ring (bicyclic) bond motifs is 1. The molecule has 0 unspecified atom stereocenters. The number of anilines is 1. The number of ether oxygens (including phenoxy) is 1. The predicted octanol–water partition coefficient (Wildman–Crippen LogP) is 0.491. The van der Waals surface area contributed by atoms with Crippen molar-refractivity contribution in [2.45, 2.75) is 69.6 Å². The van der Waals surface area contributed by atoms with Crippen LogP contribution in [0.1, 0.15) is 44.7 Å². The van der Waals surface area contributed by atoms with Crippen LogP contribution in [0.5, 0.6) is 0 Å². The molecule has 9 heteroatoms. The normalized spacial score (nSPS) is 32.6. The first-order chi connectivity index (χ1) is 12.4. The molecule has 1 saturated carbocycles. The van der Waals surface area contributed by atoms with E-state index in [9.17, 15) is 15.3 Å². The number of aromatic nitrogens is 4. The van der Waals surface area contributed by atoms with Crippen LogP contribution in [-0.2, 0) is 4.74 Å². The number of hydrogen-bond donors (Lipinski definition) is 4. The van der Waals surface area contributed by atoms with Crippen LogP contribution < -0.4 is 5.32 Å². The van der Waals surface area contributed by atoms with Gasteiger partial charge in [0.25, 0.3) is 0 Å². The molecule has 2 fully saturated rings. The summed E-state index contributed by atoms with van der Waals surface area (Å²) in [5, 5.41) is 33.8. The lowest BCUT2D eigenvalue weighted by Crippen LogP contribution is -2.44. The topological polar surface area (TPSA) is 126 Å². The molecule has 142 valence electrons. The first kappa shape index (κ1) is 17.6. The number of aryl methyl sites for hydroxylation is 1. The van der Waals surface area contributed by atoms with Crippen molar-refractivity contribution in [1.82, 2.24) is 19.5 Å². The molecule has 1 aliphatic heterocycles. The summed E-state index contributed by atoms with van der Waals surface area (Å²) in [6.45, 7) is 2.90. The van der Waals surface area contributed by atoms with E-state index in [2.05, 4.69) is 20.3 Å². The fraction of sp³-hybridized carbons (Fsp3) is 0.706. The van der Waals surface area contributed by atoms with Crippen molar-refractivity contribution in [3.05, 3.63) is 12.2 Å². The monoisotopic (exact) mass is 363 g/mol. The van der Waals surface area contributed by atoms with E-state index in [-0.39, 0.29) is 6.61 Å². The van der Waals surface area contributed by atoms with Crippen LogP contribution in [-0.4, -0.2) is 65.3 Å². The summed E-state index contributed by atoms with van der Waals surface area (Å²) < 4.78 is 7.30. The molecule has 4 N–H and O–H groups in total. The highest BCUT2D eigenvalue weighted by Crippen LogP contribution is 2.39. The molecule has 0 radical (unpaired) electrons. The average Bonchev–Trinajstić information content (AvgIpc) is 3.29. The maximum absolute atomic E-state index is 10.7. The number of aliphatic hydroxyl groups is 3. The first-order valence-electron chi connectivity index (χ1n) is 9.06. The summed E-state index contributed by atoms with van der Waals surface area (Å²) in [5.74, 6) is 1.26. The van der Waals surface area contributed by atoms with Crippen LogP contribution in [0.2, 0.25) is 0 Å². The van der Waals surface area contributed by atoms with Crippen molar-refractivity contribution in [3.8, 4) is 0 Å². The second kappa shape index (κ2) is 6.41. The quantitative estimate of drug-likeness (QED) is 0.618. The maximum Gasteiger partial charge on any atom is 0.168 e. The summed E-state index contributed by atoms with van der Waals surface area (Å²) in [4.78, 5) is 13.4. The van der Waals surface area contributed by atoms with Gasteiger partial charge in [-0.3, -0.25) is 4.57 Å². The summed E-state index contributed by atoms with van der Waals surface area (Å²) in [5.41, 5.74) is -0.461. The van der Waals surface area contributed by atoms with Crippen LogP contribution in [0.3, 0.4) is 0 Å². The first-order valence-corrected chi connectivity index (χ1v) is 9.06. The zero-order chi connectivity index (χ0) is 18.5. The third-order valence-electron chi connectivity index (χ3n) is 5.42. The molecule has 26 heavy (non-hydrogen) atoms. The molecular weight excluding hydrogens is 338 g/mol. The lowest BCUT2D eigenvalue weighted by atomic mass is 9.96. The van der Waals surface area contributed by atoms with E-state index < -0.39 is 24.0 Å². The molecule has 0 aromatic carbocycles.